The van der Waals surface area contributed by atoms with Gasteiger partial charge in [0.25, 0.3) is 0 Å². The predicted octanol–water partition coefficient (Wildman–Crippen LogP) is -0.385. The zero-order chi connectivity index (χ0) is 7.98. The average Bonchev–Trinajstić information content (AvgIpc) is 1.87. The van der Waals surface area contributed by atoms with E-state index in [-0.39, 0.29) is 6.54 Å². The van der Waals surface area contributed by atoms with E-state index in [9.17, 15) is 4.79 Å². The number of allylic oxidation sites excluding steroid dienone is 1. The van der Waals surface area contributed by atoms with Crippen LogP contribution in [0.3, 0.4) is 0 Å². The quantitative estimate of drug-likeness (QED) is 0.466. The van der Waals surface area contributed by atoms with Crippen LogP contribution in [0.4, 0.5) is 0 Å². The lowest BCUT2D eigenvalue weighted by Crippen LogP contribution is -2.25. The molecule has 0 aromatic carbocycles. The molecule has 0 saturated heterocycles. The van der Waals surface area contributed by atoms with Gasteiger partial charge in [0.05, 0.1) is 6.54 Å². The highest BCUT2D eigenvalue weighted by Gasteiger charge is 1.87. The van der Waals surface area contributed by atoms with Gasteiger partial charge in [-0.05, 0) is 12.5 Å². The number of nitrogens with two attached hydrogens (primary N) is 1. The predicted molar refractivity (Wildman–Crippen MR) is 39.7 cm³/mol. The van der Waals surface area contributed by atoms with Gasteiger partial charge in [0.1, 0.15) is 0 Å². The molecule has 0 fully saturated rings. The van der Waals surface area contributed by atoms with Crippen molar-refractivity contribution in [3.05, 3.63) is 11.8 Å². The van der Waals surface area contributed by atoms with E-state index in [1.54, 1.807) is 13.1 Å². The van der Waals surface area contributed by atoms with Crippen molar-refractivity contribution in [3.8, 4) is 0 Å². The minimum atomic E-state index is -0.408. The summed E-state index contributed by atoms with van der Waals surface area (Å²) in [5.74, 6) is -0.408. The molecule has 0 atom stereocenters. The molecule has 0 aliphatic heterocycles. The average molecular weight is 141 g/mol. The molecule has 10 heavy (non-hydrogen) atoms. The molecular weight excluding hydrogens is 130 g/mol. The number of hydrogen-bond acceptors (Lipinski definition) is 3. The van der Waals surface area contributed by atoms with Crippen molar-refractivity contribution in [1.82, 2.24) is 5.32 Å². The van der Waals surface area contributed by atoms with Crippen LogP contribution < -0.4 is 11.1 Å². The maximum atomic E-state index is 10.1. The molecule has 0 saturated carbocycles. The Hall–Kier alpha value is -1.32. The van der Waals surface area contributed by atoms with E-state index in [1.807, 2.05) is 0 Å². The normalized spacial score (nSPS) is 10.7. The number of carbonyl (C=O) groups excluding carboxylic acids is 1. The van der Waals surface area contributed by atoms with E-state index in [1.165, 1.54) is 6.21 Å². The smallest absolute Gasteiger partial charge is 0.236 e. The summed E-state index contributed by atoms with van der Waals surface area (Å²) in [4.78, 5) is 10.1. The summed E-state index contributed by atoms with van der Waals surface area (Å²) in [7, 11) is 0. The Morgan fingerprint density at radius 3 is 2.80 bits per heavy atom. The highest BCUT2D eigenvalue weighted by atomic mass is 16.1. The van der Waals surface area contributed by atoms with Crippen molar-refractivity contribution in [3.63, 3.8) is 0 Å². The maximum Gasteiger partial charge on any atom is 0.236 e. The van der Waals surface area contributed by atoms with Crippen LogP contribution >= 0.6 is 0 Å². The van der Waals surface area contributed by atoms with Crippen LogP contribution in [0.5, 0.6) is 0 Å². The molecule has 0 spiro atoms. The number of primary amides is 1. The Morgan fingerprint density at radius 1 is 1.80 bits per heavy atom. The molecule has 4 nitrogen and oxygen atoms in total. The highest BCUT2D eigenvalue weighted by molar-refractivity contribution is 5.77. The lowest BCUT2D eigenvalue weighted by Gasteiger charge is -1.94. The summed E-state index contributed by atoms with van der Waals surface area (Å²) in [5.41, 5.74) is 5.58. The van der Waals surface area contributed by atoms with Gasteiger partial charge in [0.2, 0.25) is 5.91 Å². The molecule has 0 heterocycles. The van der Waals surface area contributed by atoms with Crippen molar-refractivity contribution in [2.24, 2.45) is 5.73 Å². The zero-order valence-corrected chi connectivity index (χ0v) is 5.85. The van der Waals surface area contributed by atoms with E-state index in [0.717, 1.165) is 5.57 Å². The molecule has 4 heteroatoms. The molecule has 0 aromatic heterocycles. The lowest BCUT2D eigenvalue weighted by molar-refractivity contribution is -0.117. The van der Waals surface area contributed by atoms with Crippen LogP contribution in [0, 0.1) is 5.41 Å². The summed E-state index contributed by atoms with van der Waals surface area (Å²) < 4.78 is 0. The molecule has 0 aromatic rings. The van der Waals surface area contributed by atoms with E-state index in [4.69, 9.17) is 11.1 Å². The molecule has 1 amide bonds. The molecular formula is C6H11N3O. The van der Waals surface area contributed by atoms with E-state index < -0.39 is 5.91 Å². The Bertz CT molecular complexity index is 162. The Morgan fingerprint density at radius 2 is 2.40 bits per heavy atom. The highest BCUT2D eigenvalue weighted by Crippen LogP contribution is 1.80. The maximum absolute atomic E-state index is 10.1. The van der Waals surface area contributed by atoms with Gasteiger partial charge in [-0.25, -0.2) is 0 Å². The third-order valence-electron chi connectivity index (χ3n) is 0.834. The van der Waals surface area contributed by atoms with Gasteiger partial charge in [-0.1, -0.05) is 0 Å². The fourth-order valence-corrected chi connectivity index (χ4v) is 0.354. The fourth-order valence-electron chi connectivity index (χ4n) is 0.354. The van der Waals surface area contributed by atoms with Crippen molar-refractivity contribution in [2.45, 2.75) is 6.92 Å². The first-order valence-corrected chi connectivity index (χ1v) is 2.85. The van der Waals surface area contributed by atoms with Gasteiger partial charge < -0.3 is 16.5 Å². The molecule has 4 N–H and O–H groups in total. The molecule has 56 valence electrons. The van der Waals surface area contributed by atoms with E-state index >= 15 is 0 Å². The Kier molecular flexibility index (Phi) is 3.95. The number of hydrogen-bond donors (Lipinski definition) is 3. The lowest BCUT2D eigenvalue weighted by atomic mass is 10.4. The van der Waals surface area contributed by atoms with Crippen molar-refractivity contribution >= 4 is 12.1 Å². The first kappa shape index (κ1) is 8.68. The van der Waals surface area contributed by atoms with Gasteiger partial charge in [-0.15, -0.1) is 0 Å². The van der Waals surface area contributed by atoms with Crippen LogP contribution in [-0.2, 0) is 4.79 Å². The first-order chi connectivity index (χ1) is 4.66. The minimum Gasteiger partial charge on any atom is -0.382 e. The summed E-state index contributed by atoms with van der Waals surface area (Å²) in [6.45, 7) is 1.87. The summed E-state index contributed by atoms with van der Waals surface area (Å²) in [5, 5.41) is 9.39. The Balaban J connectivity index is 3.52. The largest absolute Gasteiger partial charge is 0.382 e. The van der Waals surface area contributed by atoms with Gasteiger partial charge in [-0.3, -0.25) is 4.79 Å². The summed E-state index contributed by atoms with van der Waals surface area (Å²) in [6, 6.07) is 0. The van der Waals surface area contributed by atoms with Crippen molar-refractivity contribution in [1.29, 1.82) is 5.41 Å². The number of amides is 1. The zero-order valence-electron chi connectivity index (χ0n) is 5.85. The monoisotopic (exact) mass is 141 g/mol. The second kappa shape index (κ2) is 4.55. The number of nitrogens with one attached hydrogen (secondary N) is 2. The van der Waals surface area contributed by atoms with Gasteiger partial charge >= 0.3 is 0 Å². The minimum absolute atomic E-state index is 0.116. The molecule has 0 aliphatic rings. The van der Waals surface area contributed by atoms with Gasteiger partial charge in [0.15, 0.2) is 0 Å². The SMILES string of the molecule is C/C(C=N)=C/NCC(N)=O. The topological polar surface area (TPSA) is 79.0 Å². The van der Waals surface area contributed by atoms with E-state index in [0.29, 0.717) is 0 Å². The fraction of sp³-hybridized carbons (Fsp3) is 0.333. The molecule has 0 unspecified atom stereocenters. The van der Waals surface area contributed by atoms with Gasteiger partial charge in [0, 0.05) is 12.4 Å². The van der Waals surface area contributed by atoms with Gasteiger partial charge in [-0.2, -0.15) is 0 Å². The summed E-state index contributed by atoms with van der Waals surface area (Å²) >= 11 is 0. The van der Waals surface area contributed by atoms with Crippen LogP contribution in [0.25, 0.3) is 0 Å². The van der Waals surface area contributed by atoms with E-state index in [2.05, 4.69) is 5.32 Å². The molecule has 0 radical (unpaired) electrons. The third kappa shape index (κ3) is 4.83. The first-order valence-electron chi connectivity index (χ1n) is 2.85. The second-order valence-electron chi connectivity index (χ2n) is 1.88. The van der Waals surface area contributed by atoms with Crippen LogP contribution in [0.2, 0.25) is 0 Å². The second-order valence-corrected chi connectivity index (χ2v) is 1.88. The Labute approximate surface area is 59.6 Å². The van der Waals surface area contributed by atoms with Crippen LogP contribution in [-0.4, -0.2) is 18.7 Å². The molecule has 0 rings (SSSR count). The van der Waals surface area contributed by atoms with Crippen molar-refractivity contribution < 1.29 is 4.79 Å². The molecule has 0 aliphatic carbocycles. The van der Waals surface area contributed by atoms with Crippen molar-refractivity contribution in [2.75, 3.05) is 6.54 Å². The molecule has 0 bridgehead atoms. The number of carbonyl (C=O) groups is 1. The standard InChI is InChI=1S/C6H11N3O/c1-5(2-7)3-9-4-6(8)10/h2-3,7,9H,4H2,1H3,(H2,8,10)/b5-3-,7-2?. The third-order valence-corrected chi connectivity index (χ3v) is 0.834. The van der Waals surface area contributed by atoms with Crippen LogP contribution in [0.15, 0.2) is 11.8 Å². The van der Waals surface area contributed by atoms with Crippen LogP contribution in [0.1, 0.15) is 6.92 Å². The number of rotatable bonds is 4. The summed E-state index contributed by atoms with van der Waals surface area (Å²) in [6.07, 6.45) is 2.76.